The molecule has 130 valence electrons. The first kappa shape index (κ1) is 16.0. The van der Waals surface area contributed by atoms with E-state index in [1.54, 1.807) is 18.6 Å². The number of nitrogens with zero attached hydrogens (tertiary/aromatic N) is 4. The first-order chi connectivity index (χ1) is 12.2. The predicted octanol–water partition coefficient (Wildman–Crippen LogP) is 1.63. The minimum absolute atomic E-state index is 0.00179. The van der Waals surface area contributed by atoms with Gasteiger partial charge in [0.15, 0.2) is 0 Å². The largest absolute Gasteiger partial charge is 0.471 e. The van der Waals surface area contributed by atoms with Crippen molar-refractivity contribution < 1.29 is 14.3 Å². The van der Waals surface area contributed by atoms with E-state index in [9.17, 15) is 4.79 Å². The zero-order chi connectivity index (χ0) is 17.2. The number of amides is 1. The highest BCUT2D eigenvalue weighted by molar-refractivity contribution is 5.92. The van der Waals surface area contributed by atoms with Crippen LogP contribution in [0.2, 0.25) is 0 Å². The van der Waals surface area contributed by atoms with E-state index >= 15 is 0 Å². The third-order valence-corrected chi connectivity index (χ3v) is 4.71. The second-order valence-electron chi connectivity index (χ2n) is 6.35. The number of morpholine rings is 1. The van der Waals surface area contributed by atoms with Gasteiger partial charge in [-0.05, 0) is 25.8 Å². The van der Waals surface area contributed by atoms with Gasteiger partial charge in [-0.3, -0.25) is 9.78 Å². The lowest BCUT2D eigenvalue weighted by molar-refractivity contribution is -0.0794. The first-order valence-electron chi connectivity index (χ1n) is 8.51. The summed E-state index contributed by atoms with van der Waals surface area (Å²) in [6.45, 7) is 2.91. The lowest BCUT2D eigenvalue weighted by Gasteiger charge is -2.38. The van der Waals surface area contributed by atoms with Crippen LogP contribution < -0.4 is 4.74 Å². The highest BCUT2D eigenvalue weighted by Gasteiger charge is 2.46. The Labute approximate surface area is 146 Å². The Kier molecular flexibility index (Phi) is 4.31. The Morgan fingerprint density at radius 2 is 2.16 bits per heavy atom. The molecule has 7 nitrogen and oxygen atoms in total. The van der Waals surface area contributed by atoms with Crippen LogP contribution in [-0.2, 0) is 4.74 Å². The quantitative estimate of drug-likeness (QED) is 0.845. The number of ether oxygens (including phenoxy) is 2. The fraction of sp³-hybridized carbons (Fsp3) is 0.444. The molecule has 1 saturated heterocycles. The molecule has 0 radical (unpaired) electrons. The summed E-state index contributed by atoms with van der Waals surface area (Å²) in [5.74, 6) is 0.494. The van der Waals surface area contributed by atoms with Crippen LogP contribution in [0, 0.1) is 6.92 Å². The van der Waals surface area contributed by atoms with Crippen LogP contribution >= 0.6 is 0 Å². The molecular formula is C18H20N4O3. The van der Waals surface area contributed by atoms with Gasteiger partial charge in [0.2, 0.25) is 5.88 Å². The van der Waals surface area contributed by atoms with Gasteiger partial charge in [-0.25, -0.2) is 9.97 Å². The fourth-order valence-electron chi connectivity index (χ4n) is 3.52. The van der Waals surface area contributed by atoms with E-state index in [2.05, 4.69) is 15.0 Å². The molecule has 0 bridgehead atoms. The number of carbonyl (C=O) groups excluding carboxylic acids is 1. The Hall–Kier alpha value is -2.54. The van der Waals surface area contributed by atoms with Crippen molar-refractivity contribution in [3.63, 3.8) is 0 Å². The number of aromatic nitrogens is 3. The van der Waals surface area contributed by atoms with Crippen molar-refractivity contribution in [2.24, 2.45) is 0 Å². The lowest BCUT2D eigenvalue weighted by atomic mass is 10.1. The van der Waals surface area contributed by atoms with Crippen molar-refractivity contribution in [3.05, 3.63) is 48.2 Å². The normalized spacial score (nSPS) is 25.5. The highest BCUT2D eigenvalue weighted by atomic mass is 16.5. The van der Waals surface area contributed by atoms with Crippen LogP contribution in [0.1, 0.15) is 29.0 Å². The molecule has 2 aliphatic rings. The number of rotatable bonds is 3. The second-order valence-corrected chi connectivity index (χ2v) is 6.35. The molecule has 3 heterocycles. The van der Waals surface area contributed by atoms with Crippen molar-refractivity contribution in [2.75, 3.05) is 13.2 Å². The van der Waals surface area contributed by atoms with Crippen molar-refractivity contribution in [2.45, 2.75) is 38.0 Å². The smallest absolute Gasteiger partial charge is 0.274 e. The van der Waals surface area contributed by atoms with Gasteiger partial charge in [0.1, 0.15) is 17.9 Å². The van der Waals surface area contributed by atoms with E-state index in [1.807, 2.05) is 30.0 Å². The standard InChI is InChI=1S/C18H20N4O3/c1-12-10-21-13(11-20-12)18(23)22-8-9-24-17-14(22)5-6-15(17)25-16-4-2-3-7-19-16/h2-4,7,10-11,14-15,17H,5-6,8-9H2,1H3/t14-,15-,17+/m0/s1. The topological polar surface area (TPSA) is 77.4 Å². The molecule has 2 aromatic rings. The zero-order valence-electron chi connectivity index (χ0n) is 14.0. The Morgan fingerprint density at radius 1 is 1.24 bits per heavy atom. The van der Waals surface area contributed by atoms with Crippen LogP contribution in [0.3, 0.4) is 0 Å². The molecule has 0 N–H and O–H groups in total. The molecule has 1 aliphatic heterocycles. The number of pyridine rings is 1. The summed E-state index contributed by atoms with van der Waals surface area (Å²) < 4.78 is 11.9. The maximum Gasteiger partial charge on any atom is 0.274 e. The third kappa shape index (κ3) is 3.19. The SMILES string of the molecule is Cc1cnc(C(=O)N2CCO[C@H]3[C@@H](Oc4ccccn4)CC[C@@H]32)cn1. The predicted molar refractivity (Wildman–Crippen MR) is 89.2 cm³/mol. The van der Waals surface area contributed by atoms with Crippen molar-refractivity contribution in [1.82, 2.24) is 19.9 Å². The van der Waals surface area contributed by atoms with Crippen molar-refractivity contribution >= 4 is 5.91 Å². The number of fused-ring (bicyclic) bond motifs is 1. The maximum absolute atomic E-state index is 12.8. The molecule has 7 heteroatoms. The second kappa shape index (κ2) is 6.76. The zero-order valence-corrected chi connectivity index (χ0v) is 14.0. The third-order valence-electron chi connectivity index (χ3n) is 4.71. The molecule has 0 aromatic carbocycles. The van der Waals surface area contributed by atoms with Gasteiger partial charge < -0.3 is 14.4 Å². The van der Waals surface area contributed by atoms with Gasteiger partial charge in [-0.2, -0.15) is 0 Å². The van der Waals surface area contributed by atoms with Crippen molar-refractivity contribution in [1.29, 1.82) is 0 Å². The monoisotopic (exact) mass is 340 g/mol. The molecule has 1 amide bonds. The van der Waals surface area contributed by atoms with Gasteiger partial charge in [0, 0.05) is 25.0 Å². The van der Waals surface area contributed by atoms with Crippen LogP contribution in [-0.4, -0.2) is 57.2 Å². The Bertz CT molecular complexity index is 738. The van der Waals surface area contributed by atoms with Crippen molar-refractivity contribution in [3.8, 4) is 5.88 Å². The van der Waals surface area contributed by atoms with E-state index in [-0.39, 0.29) is 24.2 Å². The number of aryl methyl sites for hydroxylation is 1. The summed E-state index contributed by atoms with van der Waals surface area (Å²) in [6.07, 6.45) is 6.29. The fourth-order valence-corrected chi connectivity index (χ4v) is 3.52. The maximum atomic E-state index is 12.8. The van der Waals surface area contributed by atoms with Gasteiger partial charge in [-0.1, -0.05) is 6.07 Å². The summed E-state index contributed by atoms with van der Waals surface area (Å²) in [6, 6.07) is 5.58. The molecule has 2 fully saturated rings. The number of carbonyl (C=O) groups is 1. The number of hydrogen-bond acceptors (Lipinski definition) is 6. The molecule has 1 saturated carbocycles. The van der Waals surface area contributed by atoms with Crippen LogP contribution in [0.5, 0.6) is 5.88 Å². The summed E-state index contributed by atoms with van der Waals surface area (Å²) in [5.41, 5.74) is 1.17. The minimum Gasteiger partial charge on any atom is -0.471 e. The summed E-state index contributed by atoms with van der Waals surface area (Å²) >= 11 is 0. The van der Waals surface area contributed by atoms with E-state index in [1.165, 1.54) is 0 Å². The summed E-state index contributed by atoms with van der Waals surface area (Å²) in [5, 5.41) is 0. The average molecular weight is 340 g/mol. The molecule has 2 aromatic heterocycles. The van der Waals surface area contributed by atoms with E-state index in [4.69, 9.17) is 9.47 Å². The van der Waals surface area contributed by atoms with Crippen LogP contribution in [0.25, 0.3) is 0 Å². The van der Waals surface area contributed by atoms with Gasteiger partial charge in [0.05, 0.1) is 24.5 Å². The highest BCUT2D eigenvalue weighted by Crippen LogP contribution is 2.33. The van der Waals surface area contributed by atoms with E-state index < -0.39 is 0 Å². The van der Waals surface area contributed by atoms with E-state index in [0.29, 0.717) is 24.7 Å². The first-order valence-corrected chi connectivity index (χ1v) is 8.51. The molecule has 3 atom stereocenters. The Morgan fingerprint density at radius 3 is 2.92 bits per heavy atom. The molecule has 0 spiro atoms. The van der Waals surface area contributed by atoms with Crippen LogP contribution in [0.15, 0.2) is 36.8 Å². The minimum atomic E-state index is -0.141. The van der Waals surface area contributed by atoms with Gasteiger partial charge >= 0.3 is 0 Å². The van der Waals surface area contributed by atoms with Gasteiger partial charge in [-0.15, -0.1) is 0 Å². The number of hydrogen-bond donors (Lipinski definition) is 0. The molecule has 25 heavy (non-hydrogen) atoms. The molecule has 1 aliphatic carbocycles. The van der Waals surface area contributed by atoms with Crippen LogP contribution in [0.4, 0.5) is 0 Å². The van der Waals surface area contributed by atoms with E-state index in [0.717, 1.165) is 18.5 Å². The molecular weight excluding hydrogens is 320 g/mol. The summed E-state index contributed by atoms with van der Waals surface area (Å²) in [7, 11) is 0. The lowest BCUT2D eigenvalue weighted by Crippen LogP contribution is -2.54. The summed E-state index contributed by atoms with van der Waals surface area (Å²) in [4.78, 5) is 27.3. The Balaban J connectivity index is 1.49. The average Bonchev–Trinajstić information content (AvgIpc) is 3.06. The molecule has 0 unspecified atom stereocenters. The molecule has 4 rings (SSSR count). The van der Waals surface area contributed by atoms with Gasteiger partial charge in [0.25, 0.3) is 5.91 Å².